The van der Waals surface area contributed by atoms with Gasteiger partial charge in [-0.05, 0) is 6.07 Å². The van der Waals surface area contributed by atoms with Crippen molar-refractivity contribution in [2.75, 3.05) is 6.61 Å². The molecule has 0 aliphatic rings. The Balaban J connectivity index is 3.20. The number of nitrogens with two attached hydrogens (primary N) is 1. The highest BCUT2D eigenvalue weighted by Crippen LogP contribution is 2.40. The highest BCUT2D eigenvalue weighted by molar-refractivity contribution is 6.43. The Morgan fingerprint density at radius 2 is 1.94 bits per heavy atom. The number of halogens is 4. The van der Waals surface area contributed by atoms with Crippen molar-refractivity contribution in [3.8, 4) is 5.75 Å². The predicted octanol–water partition coefficient (Wildman–Crippen LogP) is 2.33. The third-order valence-electron chi connectivity index (χ3n) is 2.10. The lowest BCUT2D eigenvalue weighted by Crippen LogP contribution is -2.36. The Bertz CT molecular complexity index is 401. The van der Waals surface area contributed by atoms with Gasteiger partial charge in [0.2, 0.25) is 0 Å². The molecule has 0 heterocycles. The van der Waals surface area contributed by atoms with Crippen molar-refractivity contribution < 1.29 is 19.0 Å². The molecule has 1 aromatic rings. The SMILES string of the molecule is N[C@@H](c1ccc(Cl)c(Cl)c1O)C(F)(F)CO. The van der Waals surface area contributed by atoms with Gasteiger partial charge >= 0.3 is 0 Å². The van der Waals surface area contributed by atoms with Crippen molar-refractivity contribution in [2.24, 2.45) is 5.73 Å². The van der Waals surface area contributed by atoms with E-state index in [1.54, 1.807) is 0 Å². The highest BCUT2D eigenvalue weighted by atomic mass is 35.5. The van der Waals surface area contributed by atoms with E-state index in [1.807, 2.05) is 0 Å². The van der Waals surface area contributed by atoms with Crippen molar-refractivity contribution in [3.63, 3.8) is 0 Å². The molecule has 0 unspecified atom stereocenters. The summed E-state index contributed by atoms with van der Waals surface area (Å²) in [5.74, 6) is -4.15. The van der Waals surface area contributed by atoms with E-state index < -0.39 is 24.3 Å². The fraction of sp³-hybridized carbons (Fsp3) is 0.333. The fourth-order valence-corrected chi connectivity index (χ4v) is 1.46. The maximum Gasteiger partial charge on any atom is 0.289 e. The number of phenols is 1. The number of aliphatic hydroxyl groups excluding tert-OH is 1. The van der Waals surface area contributed by atoms with Gasteiger partial charge in [-0.2, -0.15) is 0 Å². The van der Waals surface area contributed by atoms with Gasteiger partial charge in [0.1, 0.15) is 23.4 Å². The quantitative estimate of drug-likeness (QED) is 0.791. The highest BCUT2D eigenvalue weighted by Gasteiger charge is 2.39. The Hall–Kier alpha value is -0.620. The zero-order valence-corrected chi connectivity index (χ0v) is 9.43. The topological polar surface area (TPSA) is 66.5 Å². The number of aromatic hydroxyl groups is 1. The number of alkyl halides is 2. The normalized spacial score (nSPS) is 13.9. The van der Waals surface area contributed by atoms with Crippen LogP contribution in [0.3, 0.4) is 0 Å². The molecule has 1 rings (SSSR count). The van der Waals surface area contributed by atoms with Crippen LogP contribution in [0.25, 0.3) is 0 Å². The summed E-state index contributed by atoms with van der Waals surface area (Å²) in [5.41, 5.74) is 4.96. The van der Waals surface area contributed by atoms with E-state index in [0.29, 0.717) is 0 Å². The second kappa shape index (κ2) is 4.71. The van der Waals surface area contributed by atoms with Crippen LogP contribution in [-0.2, 0) is 0 Å². The summed E-state index contributed by atoms with van der Waals surface area (Å²) >= 11 is 11.1. The molecule has 0 bridgehead atoms. The first kappa shape index (κ1) is 13.4. The lowest BCUT2D eigenvalue weighted by atomic mass is 10.0. The van der Waals surface area contributed by atoms with Crippen LogP contribution in [0.1, 0.15) is 11.6 Å². The second-order valence-electron chi connectivity index (χ2n) is 3.20. The first-order chi connectivity index (χ1) is 7.31. The van der Waals surface area contributed by atoms with Gasteiger partial charge in [-0.25, -0.2) is 8.78 Å². The molecular weight excluding hydrogens is 263 g/mol. The Labute approximate surface area is 100 Å². The van der Waals surface area contributed by atoms with E-state index >= 15 is 0 Å². The Morgan fingerprint density at radius 1 is 1.38 bits per heavy atom. The lowest BCUT2D eigenvalue weighted by molar-refractivity contribution is -0.0715. The van der Waals surface area contributed by atoms with Crippen LogP contribution in [0.2, 0.25) is 10.0 Å². The average molecular weight is 272 g/mol. The molecule has 0 radical (unpaired) electrons. The smallest absolute Gasteiger partial charge is 0.289 e. The molecule has 1 atom stereocenters. The van der Waals surface area contributed by atoms with Crippen LogP contribution in [0, 0.1) is 0 Å². The van der Waals surface area contributed by atoms with Gasteiger partial charge in [0.05, 0.1) is 5.02 Å². The zero-order chi connectivity index (χ0) is 12.5. The van der Waals surface area contributed by atoms with Crippen LogP contribution in [0.4, 0.5) is 8.78 Å². The van der Waals surface area contributed by atoms with Gasteiger partial charge in [0.25, 0.3) is 5.92 Å². The lowest BCUT2D eigenvalue weighted by Gasteiger charge is -2.22. The molecular formula is C9H9Cl2F2NO2. The number of hydrogen-bond acceptors (Lipinski definition) is 3. The first-order valence-electron chi connectivity index (χ1n) is 4.22. The number of rotatable bonds is 3. The summed E-state index contributed by atoms with van der Waals surface area (Å²) < 4.78 is 26.2. The summed E-state index contributed by atoms with van der Waals surface area (Å²) in [4.78, 5) is 0. The fourth-order valence-electron chi connectivity index (χ4n) is 1.13. The zero-order valence-electron chi connectivity index (χ0n) is 7.92. The minimum atomic E-state index is -3.55. The standard InChI is InChI=1S/C9H9Cl2F2NO2/c10-5-2-1-4(7(16)6(5)11)8(14)9(12,13)3-15/h1-2,8,15-16H,3,14H2/t8-/m0/s1. The largest absolute Gasteiger partial charge is 0.506 e. The van der Waals surface area contributed by atoms with Crippen molar-refractivity contribution in [3.05, 3.63) is 27.7 Å². The molecule has 3 nitrogen and oxygen atoms in total. The molecule has 0 fully saturated rings. The van der Waals surface area contributed by atoms with E-state index in [1.165, 1.54) is 6.07 Å². The number of hydrogen-bond donors (Lipinski definition) is 3. The summed E-state index contributed by atoms with van der Waals surface area (Å²) in [5, 5.41) is 17.7. The molecule has 0 aromatic heterocycles. The molecule has 1 aromatic carbocycles. The van der Waals surface area contributed by atoms with Crippen LogP contribution >= 0.6 is 23.2 Å². The predicted molar refractivity (Wildman–Crippen MR) is 57.1 cm³/mol. The molecule has 0 aliphatic carbocycles. The first-order valence-corrected chi connectivity index (χ1v) is 4.98. The van der Waals surface area contributed by atoms with Gasteiger partial charge in [0, 0.05) is 5.56 Å². The molecule has 16 heavy (non-hydrogen) atoms. The molecule has 7 heteroatoms. The van der Waals surface area contributed by atoms with Gasteiger partial charge in [0.15, 0.2) is 0 Å². The van der Waals surface area contributed by atoms with Gasteiger partial charge in [-0.3, -0.25) is 0 Å². The summed E-state index contributed by atoms with van der Waals surface area (Å²) in [6, 6.07) is 0.525. The minimum Gasteiger partial charge on any atom is -0.506 e. The van der Waals surface area contributed by atoms with Crippen LogP contribution < -0.4 is 5.73 Å². The summed E-state index contributed by atoms with van der Waals surface area (Å²) in [7, 11) is 0. The van der Waals surface area contributed by atoms with E-state index in [4.69, 9.17) is 34.0 Å². The molecule has 90 valence electrons. The van der Waals surface area contributed by atoms with Gasteiger partial charge < -0.3 is 15.9 Å². The molecule has 0 saturated carbocycles. The monoisotopic (exact) mass is 271 g/mol. The van der Waals surface area contributed by atoms with Crippen molar-refractivity contribution in [1.82, 2.24) is 0 Å². The van der Waals surface area contributed by atoms with Crippen molar-refractivity contribution in [1.29, 1.82) is 0 Å². The summed E-state index contributed by atoms with van der Waals surface area (Å²) in [6.45, 7) is -1.42. The molecule has 0 spiro atoms. The van der Waals surface area contributed by atoms with E-state index in [9.17, 15) is 13.9 Å². The third-order valence-corrected chi connectivity index (χ3v) is 2.90. The maximum absolute atomic E-state index is 13.1. The van der Waals surface area contributed by atoms with Crippen LogP contribution in [0.15, 0.2) is 12.1 Å². The molecule has 4 N–H and O–H groups in total. The van der Waals surface area contributed by atoms with Gasteiger partial charge in [-0.1, -0.05) is 29.3 Å². The number of aliphatic hydroxyl groups is 1. The van der Waals surface area contributed by atoms with E-state index in [-0.39, 0.29) is 15.6 Å². The Kier molecular flexibility index (Phi) is 3.96. The number of benzene rings is 1. The van der Waals surface area contributed by atoms with Crippen molar-refractivity contribution in [2.45, 2.75) is 12.0 Å². The second-order valence-corrected chi connectivity index (χ2v) is 3.98. The number of phenolic OH excluding ortho intramolecular Hbond substituents is 1. The van der Waals surface area contributed by atoms with Crippen LogP contribution in [-0.4, -0.2) is 22.7 Å². The molecule has 0 aliphatic heterocycles. The minimum absolute atomic E-state index is 0.0300. The summed E-state index contributed by atoms with van der Waals surface area (Å²) in [6.07, 6.45) is 0. The molecule has 0 saturated heterocycles. The molecule has 0 amide bonds. The van der Waals surface area contributed by atoms with Crippen LogP contribution in [0.5, 0.6) is 5.75 Å². The van der Waals surface area contributed by atoms with E-state index in [2.05, 4.69) is 0 Å². The van der Waals surface area contributed by atoms with Crippen molar-refractivity contribution >= 4 is 23.2 Å². The third kappa shape index (κ3) is 2.38. The average Bonchev–Trinajstić information content (AvgIpc) is 2.25. The Morgan fingerprint density at radius 3 is 2.44 bits per heavy atom. The van der Waals surface area contributed by atoms with Gasteiger partial charge in [-0.15, -0.1) is 0 Å². The van der Waals surface area contributed by atoms with E-state index in [0.717, 1.165) is 6.07 Å². The maximum atomic E-state index is 13.1.